The molecule has 0 unspecified atom stereocenters. The average Bonchev–Trinajstić information content (AvgIpc) is 2.69. The van der Waals surface area contributed by atoms with Crippen molar-refractivity contribution in [1.29, 1.82) is 0 Å². The van der Waals surface area contributed by atoms with Crippen molar-refractivity contribution in [2.75, 3.05) is 7.11 Å². The van der Waals surface area contributed by atoms with Gasteiger partial charge in [0.2, 0.25) is 11.8 Å². The van der Waals surface area contributed by atoms with Crippen LogP contribution in [-0.2, 0) is 32.0 Å². The van der Waals surface area contributed by atoms with E-state index in [2.05, 4.69) is 10.6 Å². The lowest BCUT2D eigenvalue weighted by atomic mass is 10.0. The summed E-state index contributed by atoms with van der Waals surface area (Å²) in [7, 11) is 1.20. The monoisotopic (exact) mass is 454 g/mol. The maximum Gasteiger partial charge on any atom is 0.328 e. The Balaban J connectivity index is 2.19. The van der Waals surface area contributed by atoms with E-state index >= 15 is 0 Å². The minimum atomic E-state index is -1.04. The average molecular weight is 455 g/mol. The van der Waals surface area contributed by atoms with Crippen molar-refractivity contribution in [1.82, 2.24) is 10.6 Å². The topological polar surface area (TPSA) is 84.5 Å². The summed E-state index contributed by atoms with van der Waals surface area (Å²) in [5.74, 6) is -2.09. The number of rotatable bonds is 8. The Kier molecular flexibility index (Phi) is 8.62. The highest BCUT2D eigenvalue weighted by atomic mass is 35.5. The van der Waals surface area contributed by atoms with Gasteiger partial charge < -0.3 is 15.4 Å². The number of halogens is 3. The van der Waals surface area contributed by atoms with Crippen LogP contribution in [0.3, 0.4) is 0 Å². The predicted molar refractivity (Wildman–Crippen MR) is 112 cm³/mol. The van der Waals surface area contributed by atoms with Crippen molar-refractivity contribution in [3.05, 3.63) is 69.5 Å². The molecule has 2 N–H and O–H groups in total. The Morgan fingerprint density at radius 1 is 1.00 bits per heavy atom. The first kappa shape index (κ1) is 23.6. The van der Waals surface area contributed by atoms with Gasteiger partial charge in [-0.1, -0.05) is 41.4 Å². The summed E-state index contributed by atoms with van der Waals surface area (Å²) in [6.45, 7) is 1.27. The summed E-state index contributed by atoms with van der Waals surface area (Å²) in [4.78, 5) is 36.7. The van der Waals surface area contributed by atoms with Crippen LogP contribution in [0.25, 0.3) is 0 Å². The molecule has 160 valence electrons. The molecule has 0 aliphatic carbocycles. The van der Waals surface area contributed by atoms with Gasteiger partial charge >= 0.3 is 5.97 Å². The number of ether oxygens (including phenoxy) is 1. The minimum absolute atomic E-state index is 0.0672. The molecular weight excluding hydrogens is 434 g/mol. The third-order valence-corrected chi connectivity index (χ3v) is 4.88. The Labute approximate surface area is 183 Å². The molecule has 0 fully saturated rings. The third-order valence-electron chi connectivity index (χ3n) is 4.29. The lowest BCUT2D eigenvalue weighted by Gasteiger charge is -2.22. The molecule has 0 saturated heterocycles. The van der Waals surface area contributed by atoms with Crippen LogP contribution in [0.1, 0.15) is 18.1 Å². The van der Waals surface area contributed by atoms with Crippen LogP contribution in [0.15, 0.2) is 42.5 Å². The number of carbonyl (C=O) groups excluding carboxylic acids is 3. The molecule has 0 aromatic heterocycles. The molecule has 0 radical (unpaired) electrons. The van der Waals surface area contributed by atoms with Gasteiger partial charge in [-0.2, -0.15) is 0 Å². The quantitative estimate of drug-likeness (QED) is 0.600. The van der Waals surface area contributed by atoms with Crippen LogP contribution in [0.4, 0.5) is 4.39 Å². The van der Waals surface area contributed by atoms with Crippen LogP contribution < -0.4 is 10.6 Å². The van der Waals surface area contributed by atoms with E-state index in [4.69, 9.17) is 27.9 Å². The largest absolute Gasteiger partial charge is 0.467 e. The molecule has 2 aromatic rings. The highest BCUT2D eigenvalue weighted by molar-refractivity contribution is 6.35. The summed E-state index contributed by atoms with van der Waals surface area (Å²) in [6, 6.07) is 8.35. The van der Waals surface area contributed by atoms with Gasteiger partial charge in [0.15, 0.2) is 0 Å². The number of carbonyl (C=O) groups is 3. The first-order valence-electron chi connectivity index (χ1n) is 9.03. The number of nitrogens with one attached hydrogen (secondary N) is 2. The predicted octanol–water partition coefficient (Wildman–Crippen LogP) is 3.08. The van der Waals surface area contributed by atoms with Crippen molar-refractivity contribution in [2.24, 2.45) is 0 Å². The number of esters is 1. The van der Waals surface area contributed by atoms with E-state index in [1.54, 1.807) is 12.1 Å². The Bertz CT molecular complexity index is 922. The van der Waals surface area contributed by atoms with Gasteiger partial charge in [-0.3, -0.25) is 9.59 Å². The molecule has 0 bridgehead atoms. The second kappa shape index (κ2) is 10.9. The van der Waals surface area contributed by atoms with Gasteiger partial charge in [0, 0.05) is 29.8 Å². The third kappa shape index (κ3) is 7.00. The number of benzene rings is 2. The van der Waals surface area contributed by atoms with Crippen molar-refractivity contribution in [3.63, 3.8) is 0 Å². The van der Waals surface area contributed by atoms with Crippen LogP contribution in [0.2, 0.25) is 10.0 Å². The molecule has 2 amide bonds. The lowest BCUT2D eigenvalue weighted by Crippen LogP contribution is -2.53. The molecule has 0 saturated carbocycles. The fourth-order valence-corrected chi connectivity index (χ4v) is 3.31. The zero-order valence-corrected chi connectivity index (χ0v) is 17.9. The van der Waals surface area contributed by atoms with Gasteiger partial charge in [0.1, 0.15) is 17.9 Å². The van der Waals surface area contributed by atoms with Gasteiger partial charge in [-0.05, 0) is 35.4 Å². The zero-order valence-electron chi connectivity index (χ0n) is 16.4. The normalized spacial score (nSPS) is 12.6. The molecule has 0 spiro atoms. The number of amides is 2. The lowest BCUT2D eigenvalue weighted by molar-refractivity contribution is -0.145. The number of methoxy groups -OCH3 is 1. The molecule has 0 heterocycles. The summed E-state index contributed by atoms with van der Waals surface area (Å²) in [5.41, 5.74) is 1.23. The van der Waals surface area contributed by atoms with Gasteiger partial charge in [0.25, 0.3) is 0 Å². The molecular formula is C21H21Cl2FN2O4. The van der Waals surface area contributed by atoms with E-state index in [1.807, 2.05) is 0 Å². The summed E-state index contributed by atoms with van der Waals surface area (Å²) in [6.07, 6.45) is 0.180. The SMILES string of the molecule is COC(=O)[C@H](Cc1ccc(Cl)cc1Cl)NC(=O)[C@@H](Cc1ccc(F)cc1)NC(C)=O. The zero-order chi connectivity index (χ0) is 22.3. The van der Waals surface area contributed by atoms with E-state index in [1.165, 1.54) is 44.4 Å². The number of hydrogen-bond donors (Lipinski definition) is 2. The summed E-state index contributed by atoms with van der Waals surface area (Å²) >= 11 is 12.1. The smallest absolute Gasteiger partial charge is 0.328 e. The van der Waals surface area contributed by atoms with E-state index in [9.17, 15) is 18.8 Å². The molecule has 9 heteroatoms. The van der Waals surface area contributed by atoms with Crippen LogP contribution in [0.5, 0.6) is 0 Å². The molecule has 2 aromatic carbocycles. The van der Waals surface area contributed by atoms with Crippen molar-refractivity contribution < 1.29 is 23.5 Å². The van der Waals surface area contributed by atoms with Gasteiger partial charge in [-0.25, -0.2) is 9.18 Å². The van der Waals surface area contributed by atoms with E-state index < -0.39 is 35.7 Å². The Morgan fingerprint density at radius 3 is 2.23 bits per heavy atom. The molecule has 2 rings (SSSR count). The Morgan fingerprint density at radius 2 is 1.67 bits per heavy atom. The maximum atomic E-state index is 13.1. The highest BCUT2D eigenvalue weighted by Crippen LogP contribution is 2.22. The summed E-state index contributed by atoms with van der Waals surface area (Å²) < 4.78 is 17.9. The molecule has 0 aliphatic rings. The standard InChI is InChI=1S/C21H21Cl2FN2O4/c1-12(27)25-18(9-13-3-7-16(24)8-4-13)20(28)26-19(21(29)30-2)10-14-5-6-15(22)11-17(14)23/h3-8,11,18-19H,9-10H2,1-2H3,(H,25,27)(H,26,28)/t18-,19+/m1/s1. The molecule has 6 nitrogen and oxygen atoms in total. The molecule has 2 atom stereocenters. The van der Waals surface area contributed by atoms with Gasteiger partial charge in [-0.15, -0.1) is 0 Å². The van der Waals surface area contributed by atoms with Crippen LogP contribution in [-0.4, -0.2) is 37.0 Å². The second-order valence-electron chi connectivity index (χ2n) is 6.61. The van der Waals surface area contributed by atoms with E-state index in [0.29, 0.717) is 21.2 Å². The first-order valence-corrected chi connectivity index (χ1v) is 9.79. The molecule has 0 aliphatic heterocycles. The minimum Gasteiger partial charge on any atom is -0.467 e. The van der Waals surface area contributed by atoms with E-state index in [0.717, 1.165) is 0 Å². The fraction of sp³-hybridized carbons (Fsp3) is 0.286. The highest BCUT2D eigenvalue weighted by Gasteiger charge is 2.28. The molecule has 30 heavy (non-hydrogen) atoms. The first-order chi connectivity index (χ1) is 14.2. The van der Waals surface area contributed by atoms with Crippen molar-refractivity contribution in [2.45, 2.75) is 31.8 Å². The van der Waals surface area contributed by atoms with Crippen LogP contribution in [0, 0.1) is 5.82 Å². The van der Waals surface area contributed by atoms with Crippen LogP contribution >= 0.6 is 23.2 Å². The van der Waals surface area contributed by atoms with Crippen molar-refractivity contribution >= 4 is 41.0 Å². The van der Waals surface area contributed by atoms with Gasteiger partial charge in [0.05, 0.1) is 7.11 Å². The van der Waals surface area contributed by atoms with E-state index in [-0.39, 0.29) is 12.8 Å². The maximum absolute atomic E-state index is 13.1. The second-order valence-corrected chi connectivity index (χ2v) is 7.45. The van der Waals surface area contributed by atoms with Crippen molar-refractivity contribution in [3.8, 4) is 0 Å². The number of hydrogen-bond acceptors (Lipinski definition) is 4. The Hall–Kier alpha value is -2.64. The fourth-order valence-electron chi connectivity index (χ4n) is 2.83. The summed E-state index contributed by atoms with van der Waals surface area (Å²) in [5, 5.41) is 5.93.